The van der Waals surface area contributed by atoms with Gasteiger partial charge in [0.05, 0.1) is 12.3 Å². The second-order valence-corrected chi connectivity index (χ2v) is 10.9. The topological polar surface area (TPSA) is 120 Å². The van der Waals surface area contributed by atoms with Crippen molar-refractivity contribution in [3.8, 4) is 0 Å². The number of ether oxygens (including phenoxy) is 1. The normalized spacial score (nSPS) is 14.6. The molecule has 0 fully saturated rings. The standard InChI is InChI=1S/C24H42N8OS2/c1-16(19(30-31-20(34)27-9)17-10-12-18(26-8)13-11-17)29-32-21(35)28-23(5,6)14-15-33-24(7,25)22(2,3)4/h10-13,26H,14-15,25H2,1-9H3,(H2,27,31,34)(H2,28,32,35)/b29-16+,30-19-. The molecule has 0 bridgehead atoms. The first-order valence-electron chi connectivity index (χ1n) is 11.5. The number of hydrogen-bond acceptors (Lipinski definition) is 7. The van der Waals surface area contributed by atoms with Gasteiger partial charge in [0.25, 0.3) is 0 Å². The minimum Gasteiger partial charge on any atom is -0.388 e. The molecule has 7 N–H and O–H groups in total. The predicted octanol–water partition coefficient (Wildman–Crippen LogP) is 3.27. The summed E-state index contributed by atoms with van der Waals surface area (Å²) < 4.78 is 5.97. The maximum atomic E-state index is 6.32. The quantitative estimate of drug-likeness (QED) is 0.119. The van der Waals surface area contributed by atoms with Crippen LogP contribution in [-0.2, 0) is 4.74 Å². The third-order valence-corrected chi connectivity index (χ3v) is 6.17. The lowest BCUT2D eigenvalue weighted by Gasteiger charge is -2.39. The average molecular weight is 523 g/mol. The maximum Gasteiger partial charge on any atom is 0.187 e. The number of rotatable bonds is 10. The van der Waals surface area contributed by atoms with E-state index in [1.807, 2.05) is 59.0 Å². The minimum absolute atomic E-state index is 0.175. The molecule has 1 aromatic carbocycles. The van der Waals surface area contributed by atoms with Crippen LogP contribution in [0.3, 0.4) is 0 Å². The molecule has 0 aromatic heterocycles. The number of anilines is 1. The first-order valence-corrected chi connectivity index (χ1v) is 12.3. The highest BCUT2D eigenvalue weighted by molar-refractivity contribution is 7.80. The highest BCUT2D eigenvalue weighted by Crippen LogP contribution is 2.29. The van der Waals surface area contributed by atoms with E-state index in [1.165, 1.54) is 0 Å². The molecular formula is C24H42N8OS2. The van der Waals surface area contributed by atoms with Crippen LogP contribution in [-0.4, -0.2) is 53.6 Å². The molecule has 1 unspecified atom stereocenters. The molecule has 35 heavy (non-hydrogen) atoms. The summed E-state index contributed by atoms with van der Waals surface area (Å²) in [5.74, 6) is 0. The van der Waals surface area contributed by atoms with E-state index in [0.717, 1.165) is 11.3 Å². The minimum atomic E-state index is -0.728. The molecule has 0 aliphatic rings. The van der Waals surface area contributed by atoms with Crippen LogP contribution in [0.1, 0.15) is 60.5 Å². The fraction of sp³-hybridized carbons (Fsp3) is 0.583. The van der Waals surface area contributed by atoms with Gasteiger partial charge in [-0.05, 0) is 70.7 Å². The summed E-state index contributed by atoms with van der Waals surface area (Å²) in [5, 5.41) is 18.9. The monoisotopic (exact) mass is 522 g/mol. The lowest BCUT2D eigenvalue weighted by molar-refractivity contribution is -0.103. The Morgan fingerprint density at radius 2 is 1.51 bits per heavy atom. The Balaban J connectivity index is 2.85. The number of nitrogens with two attached hydrogens (primary N) is 1. The van der Waals surface area contributed by atoms with Crippen LogP contribution in [0.25, 0.3) is 0 Å². The van der Waals surface area contributed by atoms with Gasteiger partial charge in [-0.1, -0.05) is 32.9 Å². The Bertz CT molecular complexity index is 918. The van der Waals surface area contributed by atoms with Gasteiger partial charge >= 0.3 is 0 Å². The van der Waals surface area contributed by atoms with Crippen LogP contribution in [0.5, 0.6) is 0 Å². The fourth-order valence-electron chi connectivity index (χ4n) is 2.63. The molecule has 0 saturated heterocycles. The molecule has 0 heterocycles. The van der Waals surface area contributed by atoms with E-state index in [-0.39, 0.29) is 11.0 Å². The van der Waals surface area contributed by atoms with Crippen molar-refractivity contribution < 1.29 is 4.74 Å². The summed E-state index contributed by atoms with van der Waals surface area (Å²) in [6.07, 6.45) is 0.705. The van der Waals surface area contributed by atoms with Gasteiger partial charge in [0.1, 0.15) is 11.4 Å². The predicted molar refractivity (Wildman–Crippen MR) is 156 cm³/mol. The van der Waals surface area contributed by atoms with Gasteiger partial charge in [0, 0.05) is 36.3 Å². The molecule has 11 heteroatoms. The second kappa shape index (κ2) is 13.1. The molecule has 196 valence electrons. The molecule has 0 saturated carbocycles. The average Bonchev–Trinajstić information content (AvgIpc) is 2.76. The lowest BCUT2D eigenvalue weighted by atomic mass is 9.85. The molecule has 0 spiro atoms. The summed E-state index contributed by atoms with van der Waals surface area (Å²) >= 11 is 10.6. The highest BCUT2D eigenvalue weighted by atomic mass is 32.1. The molecule has 0 radical (unpaired) electrons. The van der Waals surface area contributed by atoms with E-state index < -0.39 is 5.72 Å². The van der Waals surface area contributed by atoms with Crippen LogP contribution in [0.15, 0.2) is 34.5 Å². The molecule has 1 rings (SSSR count). The summed E-state index contributed by atoms with van der Waals surface area (Å²) in [6, 6.07) is 7.84. The Kier molecular flexibility index (Phi) is 11.5. The third-order valence-electron chi connectivity index (χ3n) is 5.68. The molecule has 9 nitrogen and oxygen atoms in total. The van der Waals surface area contributed by atoms with E-state index in [0.29, 0.717) is 34.7 Å². The van der Waals surface area contributed by atoms with Gasteiger partial charge in [-0.25, -0.2) is 0 Å². The van der Waals surface area contributed by atoms with Gasteiger partial charge < -0.3 is 26.4 Å². The van der Waals surface area contributed by atoms with Gasteiger partial charge in [0.2, 0.25) is 0 Å². The number of nitrogens with one attached hydrogen (secondary N) is 5. The Hall–Kier alpha value is -2.34. The Labute approximate surface area is 221 Å². The van der Waals surface area contributed by atoms with Crippen LogP contribution < -0.4 is 32.5 Å². The molecule has 1 aromatic rings. The number of hydrogen-bond donors (Lipinski definition) is 6. The van der Waals surface area contributed by atoms with Gasteiger partial charge in [-0.15, -0.1) is 0 Å². The molecule has 0 aliphatic carbocycles. The van der Waals surface area contributed by atoms with Gasteiger partial charge in [-0.3, -0.25) is 10.9 Å². The van der Waals surface area contributed by atoms with Crippen molar-refractivity contribution >= 4 is 51.8 Å². The van der Waals surface area contributed by atoms with Crippen molar-refractivity contribution in [3.63, 3.8) is 0 Å². The van der Waals surface area contributed by atoms with E-state index in [4.69, 9.17) is 34.9 Å². The van der Waals surface area contributed by atoms with Crippen LogP contribution in [0.4, 0.5) is 5.69 Å². The molecule has 0 aliphatic heterocycles. The van der Waals surface area contributed by atoms with Crippen molar-refractivity contribution in [2.45, 2.75) is 66.2 Å². The van der Waals surface area contributed by atoms with E-state index in [1.54, 1.807) is 7.05 Å². The van der Waals surface area contributed by atoms with Crippen LogP contribution >= 0.6 is 24.4 Å². The van der Waals surface area contributed by atoms with Crippen molar-refractivity contribution in [2.75, 3.05) is 26.0 Å². The van der Waals surface area contributed by atoms with Crippen molar-refractivity contribution in [3.05, 3.63) is 29.8 Å². The molecule has 0 amide bonds. The third kappa shape index (κ3) is 10.4. The number of nitrogens with zero attached hydrogens (tertiary/aromatic N) is 2. The summed E-state index contributed by atoms with van der Waals surface area (Å²) in [6.45, 7) is 14.5. The highest BCUT2D eigenvalue weighted by Gasteiger charge is 2.35. The van der Waals surface area contributed by atoms with E-state index in [2.05, 4.69) is 57.8 Å². The first-order chi connectivity index (χ1) is 16.1. The number of benzene rings is 1. The molecular weight excluding hydrogens is 480 g/mol. The summed E-state index contributed by atoms with van der Waals surface area (Å²) in [4.78, 5) is 0. The van der Waals surface area contributed by atoms with E-state index in [9.17, 15) is 0 Å². The SMILES string of the molecule is CNC(=S)N/N=C(/C(C)=N/NC(=S)NC(C)(C)CCOC(C)(N)C(C)(C)C)c1ccc(NC)cc1. The van der Waals surface area contributed by atoms with Gasteiger partial charge in [0.15, 0.2) is 10.2 Å². The number of thiocarbonyl (C=S) groups is 2. The fourth-order valence-corrected chi connectivity index (χ4v) is 3.00. The van der Waals surface area contributed by atoms with Crippen molar-refractivity contribution in [2.24, 2.45) is 21.4 Å². The van der Waals surface area contributed by atoms with Crippen molar-refractivity contribution in [1.82, 2.24) is 21.5 Å². The van der Waals surface area contributed by atoms with Crippen molar-refractivity contribution in [1.29, 1.82) is 0 Å². The smallest absolute Gasteiger partial charge is 0.187 e. The van der Waals surface area contributed by atoms with Gasteiger partial charge in [-0.2, -0.15) is 10.2 Å². The number of hydrazone groups is 2. The zero-order valence-electron chi connectivity index (χ0n) is 22.4. The second-order valence-electron chi connectivity index (χ2n) is 10.1. The summed E-state index contributed by atoms with van der Waals surface area (Å²) in [5.41, 5.74) is 13.9. The van der Waals surface area contributed by atoms with Crippen LogP contribution in [0, 0.1) is 5.41 Å². The van der Waals surface area contributed by atoms with Crippen LogP contribution in [0.2, 0.25) is 0 Å². The lowest BCUT2D eigenvalue weighted by Crippen LogP contribution is -2.52. The Morgan fingerprint density at radius 3 is 2.03 bits per heavy atom. The zero-order valence-corrected chi connectivity index (χ0v) is 24.1. The van der Waals surface area contributed by atoms with E-state index >= 15 is 0 Å². The zero-order chi connectivity index (χ0) is 26.9. The summed E-state index contributed by atoms with van der Waals surface area (Å²) in [7, 11) is 3.59. The molecule has 1 atom stereocenters. The largest absolute Gasteiger partial charge is 0.388 e. The maximum absolute atomic E-state index is 6.32. The Morgan fingerprint density at radius 1 is 0.943 bits per heavy atom. The first kappa shape index (κ1) is 30.7.